The van der Waals surface area contributed by atoms with Gasteiger partial charge in [-0.1, -0.05) is 29.8 Å². The second-order valence-corrected chi connectivity index (χ2v) is 4.89. The fourth-order valence-electron chi connectivity index (χ4n) is 1.92. The Labute approximate surface area is 117 Å². The number of carbonyl (C=O) groups excluding carboxylic acids is 1. The minimum absolute atomic E-state index is 0.252. The van der Waals surface area contributed by atoms with Crippen molar-refractivity contribution in [3.63, 3.8) is 0 Å². The summed E-state index contributed by atoms with van der Waals surface area (Å²) in [7, 11) is 0. The zero-order valence-corrected chi connectivity index (χ0v) is 11.6. The summed E-state index contributed by atoms with van der Waals surface area (Å²) in [6, 6.07) is 10.7. The number of nitrogens with one attached hydrogen (secondary N) is 1. The summed E-state index contributed by atoms with van der Waals surface area (Å²) >= 11 is 5.89. The maximum Gasteiger partial charge on any atom is 0.257 e. The van der Waals surface area contributed by atoms with Crippen molar-refractivity contribution in [3.05, 3.63) is 58.1 Å². The molecule has 3 nitrogen and oxygen atoms in total. The number of carbonyl (C=O) groups is 1. The van der Waals surface area contributed by atoms with E-state index in [1.165, 1.54) is 0 Å². The Kier molecular flexibility index (Phi) is 3.76. The standard InChI is InChI=1S/C15H15ClN2O/c1-9-4-3-5-10(2)14(9)18-15(19)12-8-11(16)6-7-13(12)17/h3-8H,17H2,1-2H3,(H,18,19). The predicted molar refractivity (Wildman–Crippen MR) is 79.7 cm³/mol. The van der Waals surface area contributed by atoms with E-state index in [1.807, 2.05) is 32.0 Å². The average Bonchev–Trinajstić information content (AvgIpc) is 2.37. The van der Waals surface area contributed by atoms with E-state index in [1.54, 1.807) is 18.2 Å². The molecule has 0 aliphatic heterocycles. The summed E-state index contributed by atoms with van der Waals surface area (Å²) in [5.74, 6) is -0.252. The molecule has 1 amide bonds. The molecule has 0 aliphatic rings. The van der Waals surface area contributed by atoms with Crippen LogP contribution in [0.5, 0.6) is 0 Å². The van der Waals surface area contributed by atoms with Gasteiger partial charge in [-0.3, -0.25) is 4.79 Å². The third-order valence-corrected chi connectivity index (χ3v) is 3.21. The minimum atomic E-state index is -0.252. The summed E-state index contributed by atoms with van der Waals surface area (Å²) in [5.41, 5.74) is 9.42. The number of aryl methyl sites for hydroxylation is 2. The van der Waals surface area contributed by atoms with Crippen molar-refractivity contribution in [3.8, 4) is 0 Å². The van der Waals surface area contributed by atoms with Crippen LogP contribution in [0.4, 0.5) is 11.4 Å². The molecular formula is C15H15ClN2O. The van der Waals surface area contributed by atoms with Crippen LogP contribution in [0.2, 0.25) is 5.02 Å². The first-order valence-corrected chi connectivity index (χ1v) is 6.29. The van der Waals surface area contributed by atoms with Crippen LogP contribution in [0.25, 0.3) is 0 Å². The highest BCUT2D eigenvalue weighted by atomic mass is 35.5. The van der Waals surface area contributed by atoms with Gasteiger partial charge in [0.1, 0.15) is 0 Å². The Morgan fingerprint density at radius 3 is 2.42 bits per heavy atom. The highest BCUT2D eigenvalue weighted by Crippen LogP contribution is 2.23. The lowest BCUT2D eigenvalue weighted by Gasteiger charge is -2.12. The molecular weight excluding hydrogens is 260 g/mol. The molecule has 2 rings (SSSR count). The number of hydrogen-bond acceptors (Lipinski definition) is 2. The molecule has 0 bridgehead atoms. The van der Waals surface area contributed by atoms with Gasteiger partial charge in [-0.2, -0.15) is 0 Å². The van der Waals surface area contributed by atoms with Gasteiger partial charge in [0.2, 0.25) is 0 Å². The molecule has 0 heterocycles. The van der Waals surface area contributed by atoms with Gasteiger partial charge in [-0.25, -0.2) is 0 Å². The highest BCUT2D eigenvalue weighted by Gasteiger charge is 2.12. The predicted octanol–water partition coefficient (Wildman–Crippen LogP) is 3.79. The molecule has 2 aromatic rings. The molecule has 0 saturated heterocycles. The maximum absolute atomic E-state index is 12.2. The zero-order valence-electron chi connectivity index (χ0n) is 10.8. The van der Waals surface area contributed by atoms with Crippen LogP contribution >= 0.6 is 11.6 Å². The molecule has 98 valence electrons. The van der Waals surface area contributed by atoms with Crippen LogP contribution in [0, 0.1) is 13.8 Å². The summed E-state index contributed by atoms with van der Waals surface area (Å²) < 4.78 is 0. The molecule has 0 saturated carbocycles. The third kappa shape index (κ3) is 2.88. The van der Waals surface area contributed by atoms with E-state index in [0.717, 1.165) is 16.8 Å². The number of rotatable bonds is 2. The summed E-state index contributed by atoms with van der Waals surface area (Å²) in [6.07, 6.45) is 0. The van der Waals surface area contributed by atoms with E-state index in [-0.39, 0.29) is 5.91 Å². The van der Waals surface area contributed by atoms with Crippen molar-refractivity contribution < 1.29 is 4.79 Å². The van der Waals surface area contributed by atoms with Crippen molar-refractivity contribution in [2.45, 2.75) is 13.8 Å². The molecule has 0 spiro atoms. The van der Waals surface area contributed by atoms with Crippen molar-refractivity contribution in [2.24, 2.45) is 0 Å². The van der Waals surface area contributed by atoms with Crippen LogP contribution in [-0.4, -0.2) is 5.91 Å². The van der Waals surface area contributed by atoms with Gasteiger partial charge in [0.25, 0.3) is 5.91 Å². The third-order valence-electron chi connectivity index (χ3n) is 2.98. The monoisotopic (exact) mass is 274 g/mol. The lowest BCUT2D eigenvalue weighted by molar-refractivity contribution is 0.102. The number of hydrogen-bond donors (Lipinski definition) is 2. The first kappa shape index (κ1) is 13.4. The van der Waals surface area contributed by atoms with Crippen molar-refractivity contribution >= 4 is 28.9 Å². The van der Waals surface area contributed by atoms with E-state index in [4.69, 9.17) is 17.3 Å². The Morgan fingerprint density at radius 2 is 1.79 bits per heavy atom. The SMILES string of the molecule is Cc1cccc(C)c1NC(=O)c1cc(Cl)ccc1N. The van der Waals surface area contributed by atoms with Crippen molar-refractivity contribution in [1.82, 2.24) is 0 Å². The van der Waals surface area contributed by atoms with Gasteiger partial charge in [0.15, 0.2) is 0 Å². The molecule has 0 radical (unpaired) electrons. The average molecular weight is 275 g/mol. The number of nitrogens with two attached hydrogens (primary N) is 1. The van der Waals surface area contributed by atoms with Crippen molar-refractivity contribution in [2.75, 3.05) is 11.1 Å². The van der Waals surface area contributed by atoms with Gasteiger partial charge in [-0.05, 0) is 43.2 Å². The Bertz CT molecular complexity index is 618. The van der Waals surface area contributed by atoms with Gasteiger partial charge in [0, 0.05) is 16.4 Å². The molecule has 0 unspecified atom stereocenters. The molecule has 0 aromatic heterocycles. The van der Waals surface area contributed by atoms with Gasteiger partial charge < -0.3 is 11.1 Å². The first-order valence-electron chi connectivity index (χ1n) is 5.91. The van der Waals surface area contributed by atoms with Crippen LogP contribution in [-0.2, 0) is 0 Å². The Morgan fingerprint density at radius 1 is 1.16 bits per heavy atom. The molecule has 0 fully saturated rings. The van der Waals surface area contributed by atoms with Crippen molar-refractivity contribution in [1.29, 1.82) is 0 Å². The fraction of sp³-hybridized carbons (Fsp3) is 0.133. The minimum Gasteiger partial charge on any atom is -0.398 e. The van der Waals surface area contributed by atoms with E-state index in [9.17, 15) is 4.79 Å². The smallest absolute Gasteiger partial charge is 0.257 e. The molecule has 19 heavy (non-hydrogen) atoms. The van der Waals surface area contributed by atoms with Crippen LogP contribution in [0.3, 0.4) is 0 Å². The number of amides is 1. The lowest BCUT2D eigenvalue weighted by Crippen LogP contribution is -2.15. The number of para-hydroxylation sites is 1. The molecule has 4 heteroatoms. The summed E-state index contributed by atoms with van der Waals surface area (Å²) in [5, 5.41) is 3.37. The molecule has 0 aliphatic carbocycles. The fourth-order valence-corrected chi connectivity index (χ4v) is 2.09. The van der Waals surface area contributed by atoms with E-state index in [0.29, 0.717) is 16.3 Å². The number of nitrogen functional groups attached to an aromatic ring is 1. The molecule has 3 N–H and O–H groups in total. The van der Waals surface area contributed by atoms with E-state index >= 15 is 0 Å². The highest BCUT2D eigenvalue weighted by molar-refractivity contribution is 6.31. The second kappa shape index (κ2) is 5.33. The topological polar surface area (TPSA) is 55.1 Å². The largest absolute Gasteiger partial charge is 0.398 e. The van der Waals surface area contributed by atoms with Crippen LogP contribution in [0.15, 0.2) is 36.4 Å². The first-order chi connectivity index (χ1) is 8.99. The molecule has 2 aromatic carbocycles. The van der Waals surface area contributed by atoms with E-state index < -0.39 is 0 Å². The van der Waals surface area contributed by atoms with Gasteiger partial charge in [-0.15, -0.1) is 0 Å². The van der Waals surface area contributed by atoms with Gasteiger partial charge in [0.05, 0.1) is 5.56 Å². The summed E-state index contributed by atoms with van der Waals surface area (Å²) in [6.45, 7) is 3.90. The number of benzene rings is 2. The zero-order chi connectivity index (χ0) is 14.0. The second-order valence-electron chi connectivity index (χ2n) is 4.45. The maximum atomic E-state index is 12.2. The quantitative estimate of drug-likeness (QED) is 0.819. The summed E-state index contributed by atoms with van der Waals surface area (Å²) in [4.78, 5) is 12.2. The van der Waals surface area contributed by atoms with E-state index in [2.05, 4.69) is 5.32 Å². The van der Waals surface area contributed by atoms with Crippen LogP contribution < -0.4 is 11.1 Å². The van der Waals surface area contributed by atoms with Crippen LogP contribution in [0.1, 0.15) is 21.5 Å². The lowest BCUT2D eigenvalue weighted by atomic mass is 10.1. The number of halogens is 1. The molecule has 0 atom stereocenters. The Balaban J connectivity index is 2.34. The number of anilines is 2. The van der Waals surface area contributed by atoms with Gasteiger partial charge >= 0.3 is 0 Å². The Hall–Kier alpha value is -2.00. The normalized spacial score (nSPS) is 10.3.